The van der Waals surface area contributed by atoms with Crippen LogP contribution in [0.25, 0.3) is 0 Å². The van der Waals surface area contributed by atoms with Crippen molar-refractivity contribution >= 4 is 27.7 Å². The van der Waals surface area contributed by atoms with Crippen LogP contribution in [0.3, 0.4) is 0 Å². The van der Waals surface area contributed by atoms with E-state index in [1.54, 1.807) is 6.07 Å². The van der Waals surface area contributed by atoms with Crippen molar-refractivity contribution in [3.05, 3.63) is 102 Å². The summed E-state index contributed by atoms with van der Waals surface area (Å²) in [5.41, 5.74) is 0.610. The van der Waals surface area contributed by atoms with Crippen molar-refractivity contribution in [1.29, 1.82) is 0 Å². The molecule has 4 rings (SSSR count). The second-order valence-electron chi connectivity index (χ2n) is 10.9. The summed E-state index contributed by atoms with van der Waals surface area (Å²) in [5.74, 6) is -2.60. The van der Waals surface area contributed by atoms with Crippen LogP contribution in [-0.4, -0.2) is 62.2 Å². The predicted molar refractivity (Wildman–Crippen MR) is 162 cm³/mol. The van der Waals surface area contributed by atoms with Crippen molar-refractivity contribution in [2.75, 3.05) is 24.9 Å². The maximum absolute atomic E-state index is 15.0. The summed E-state index contributed by atoms with van der Waals surface area (Å²) in [6.45, 7) is -1.11. The molecule has 0 heterocycles. The fourth-order valence-corrected chi connectivity index (χ4v) is 6.33. The van der Waals surface area contributed by atoms with Crippen molar-refractivity contribution in [2.45, 2.75) is 57.2 Å². The zero-order chi connectivity index (χ0) is 31.0. The SMILES string of the molecule is CN(C)S(=O)(=O)N(CC(=O)N(Cc1ccccc1F)C(Cc1ccccc1)C(=O)NC1CCCCC1)c1ccccc1F. The summed E-state index contributed by atoms with van der Waals surface area (Å²) < 4.78 is 58.2. The quantitative estimate of drug-likeness (QED) is 0.322. The molecular formula is C32H38F2N4O4S. The molecule has 43 heavy (non-hydrogen) atoms. The Labute approximate surface area is 252 Å². The Balaban J connectivity index is 1.77. The number of carbonyl (C=O) groups is 2. The molecule has 3 aromatic rings. The molecule has 0 aliphatic heterocycles. The molecule has 1 aliphatic rings. The average molecular weight is 613 g/mol. The lowest BCUT2D eigenvalue weighted by molar-refractivity contribution is -0.140. The fourth-order valence-electron chi connectivity index (χ4n) is 5.26. The van der Waals surface area contributed by atoms with E-state index in [9.17, 15) is 26.8 Å². The number of nitrogens with zero attached hydrogens (tertiary/aromatic N) is 3. The number of amides is 2. The second kappa shape index (κ2) is 14.6. The van der Waals surface area contributed by atoms with Crippen molar-refractivity contribution < 1.29 is 26.8 Å². The van der Waals surface area contributed by atoms with Gasteiger partial charge in [-0.2, -0.15) is 12.7 Å². The minimum atomic E-state index is -4.35. The highest BCUT2D eigenvalue weighted by Crippen LogP contribution is 2.25. The van der Waals surface area contributed by atoms with Gasteiger partial charge in [0.2, 0.25) is 11.8 Å². The number of anilines is 1. The van der Waals surface area contributed by atoms with Crippen LogP contribution in [0.1, 0.15) is 43.2 Å². The Morgan fingerprint density at radius 2 is 1.47 bits per heavy atom. The third-order valence-corrected chi connectivity index (χ3v) is 9.47. The topological polar surface area (TPSA) is 90.0 Å². The summed E-state index contributed by atoms with van der Waals surface area (Å²) >= 11 is 0. The highest BCUT2D eigenvalue weighted by molar-refractivity contribution is 7.90. The summed E-state index contributed by atoms with van der Waals surface area (Å²) in [7, 11) is -1.79. The normalized spacial score (nSPS) is 14.7. The van der Waals surface area contributed by atoms with Crippen molar-refractivity contribution in [2.24, 2.45) is 0 Å². The molecule has 1 saturated carbocycles. The van der Waals surface area contributed by atoms with E-state index < -0.39 is 46.2 Å². The molecule has 1 unspecified atom stereocenters. The Bertz CT molecular complexity index is 1500. The van der Waals surface area contributed by atoms with E-state index >= 15 is 0 Å². The lowest BCUT2D eigenvalue weighted by atomic mass is 9.94. The minimum Gasteiger partial charge on any atom is -0.352 e. The standard InChI is InChI=1S/C32H38F2N4O4S/c1-36(2)43(41,42)38(29-20-12-11-19-28(29)34)23-31(39)37(22-25-15-9-10-18-27(25)33)30(21-24-13-5-3-6-14-24)32(40)35-26-16-7-4-8-17-26/h3,5-6,9-15,18-20,26,30H,4,7-8,16-17,21-23H2,1-2H3,(H,35,40). The second-order valence-corrected chi connectivity index (χ2v) is 13.0. The number of benzene rings is 3. The third-order valence-electron chi connectivity index (χ3n) is 7.66. The van der Waals surface area contributed by atoms with Gasteiger partial charge in [0, 0.05) is 38.7 Å². The van der Waals surface area contributed by atoms with Gasteiger partial charge in [0.25, 0.3) is 0 Å². The van der Waals surface area contributed by atoms with Gasteiger partial charge in [-0.15, -0.1) is 0 Å². The van der Waals surface area contributed by atoms with Gasteiger partial charge in [-0.25, -0.2) is 13.1 Å². The van der Waals surface area contributed by atoms with Crippen LogP contribution in [-0.2, 0) is 32.8 Å². The lowest BCUT2D eigenvalue weighted by Crippen LogP contribution is -2.55. The van der Waals surface area contributed by atoms with Gasteiger partial charge in [0.05, 0.1) is 5.69 Å². The monoisotopic (exact) mass is 612 g/mol. The summed E-state index contributed by atoms with van der Waals surface area (Å²) in [5, 5.41) is 3.09. The molecule has 1 fully saturated rings. The van der Waals surface area contributed by atoms with Gasteiger partial charge >= 0.3 is 10.2 Å². The molecule has 1 atom stereocenters. The van der Waals surface area contributed by atoms with E-state index in [4.69, 9.17) is 0 Å². The maximum Gasteiger partial charge on any atom is 0.304 e. The Kier molecular flexibility index (Phi) is 10.9. The van der Waals surface area contributed by atoms with Gasteiger partial charge in [-0.1, -0.05) is 79.9 Å². The van der Waals surface area contributed by atoms with Gasteiger partial charge in [-0.05, 0) is 36.6 Å². The average Bonchev–Trinajstić information content (AvgIpc) is 2.99. The lowest BCUT2D eigenvalue weighted by Gasteiger charge is -2.35. The van der Waals surface area contributed by atoms with Crippen LogP contribution in [0.5, 0.6) is 0 Å². The minimum absolute atomic E-state index is 0.0611. The molecule has 2 amide bonds. The van der Waals surface area contributed by atoms with E-state index in [0.29, 0.717) is 4.31 Å². The number of para-hydroxylation sites is 1. The van der Waals surface area contributed by atoms with E-state index in [0.717, 1.165) is 48.0 Å². The molecule has 0 radical (unpaired) electrons. The molecule has 0 spiro atoms. The largest absolute Gasteiger partial charge is 0.352 e. The number of hydrogen-bond donors (Lipinski definition) is 1. The molecule has 1 N–H and O–H groups in total. The molecule has 0 aromatic heterocycles. The highest BCUT2D eigenvalue weighted by atomic mass is 32.2. The Morgan fingerprint density at radius 3 is 2.09 bits per heavy atom. The smallest absolute Gasteiger partial charge is 0.304 e. The van der Waals surface area contributed by atoms with Crippen LogP contribution < -0.4 is 9.62 Å². The van der Waals surface area contributed by atoms with Crippen molar-refractivity contribution in [1.82, 2.24) is 14.5 Å². The Hall–Kier alpha value is -3.83. The summed E-state index contributed by atoms with van der Waals surface area (Å²) in [6.07, 6.45) is 4.78. The van der Waals surface area contributed by atoms with Crippen LogP contribution in [0.15, 0.2) is 78.9 Å². The molecule has 11 heteroatoms. The van der Waals surface area contributed by atoms with Gasteiger partial charge in [0.15, 0.2) is 0 Å². The predicted octanol–water partition coefficient (Wildman–Crippen LogP) is 4.67. The van der Waals surface area contributed by atoms with E-state index in [2.05, 4.69) is 5.32 Å². The van der Waals surface area contributed by atoms with E-state index in [1.807, 2.05) is 30.3 Å². The van der Waals surface area contributed by atoms with Gasteiger partial charge in [-0.3, -0.25) is 9.59 Å². The molecular weight excluding hydrogens is 574 g/mol. The molecule has 230 valence electrons. The van der Waals surface area contributed by atoms with Crippen molar-refractivity contribution in [3.63, 3.8) is 0 Å². The number of carbonyl (C=O) groups excluding carboxylic acids is 2. The summed E-state index contributed by atoms with van der Waals surface area (Å²) in [4.78, 5) is 29.4. The van der Waals surface area contributed by atoms with Crippen LogP contribution in [0.4, 0.5) is 14.5 Å². The van der Waals surface area contributed by atoms with Gasteiger partial charge < -0.3 is 10.2 Å². The highest BCUT2D eigenvalue weighted by Gasteiger charge is 2.36. The number of halogens is 2. The molecule has 1 aliphatic carbocycles. The molecule has 8 nitrogen and oxygen atoms in total. The third kappa shape index (κ3) is 8.17. The fraction of sp³-hybridized carbons (Fsp3) is 0.375. The maximum atomic E-state index is 15.0. The number of rotatable bonds is 12. The zero-order valence-corrected chi connectivity index (χ0v) is 25.3. The van der Waals surface area contributed by atoms with E-state index in [1.165, 1.54) is 55.4 Å². The first-order valence-corrected chi connectivity index (χ1v) is 15.8. The van der Waals surface area contributed by atoms with E-state index in [-0.39, 0.29) is 30.3 Å². The van der Waals surface area contributed by atoms with Crippen LogP contribution in [0, 0.1) is 11.6 Å². The first kappa shape index (κ1) is 32.1. The first-order chi connectivity index (χ1) is 20.6. The number of hydrogen-bond acceptors (Lipinski definition) is 4. The molecule has 0 bridgehead atoms. The van der Waals surface area contributed by atoms with Gasteiger partial charge in [0.1, 0.15) is 24.2 Å². The summed E-state index contributed by atoms with van der Waals surface area (Å²) in [6, 6.07) is 19.1. The zero-order valence-electron chi connectivity index (χ0n) is 24.5. The molecule has 0 saturated heterocycles. The molecule has 3 aromatic carbocycles. The van der Waals surface area contributed by atoms with Crippen molar-refractivity contribution in [3.8, 4) is 0 Å². The van der Waals surface area contributed by atoms with Crippen LogP contribution in [0.2, 0.25) is 0 Å². The van der Waals surface area contributed by atoms with Crippen LogP contribution >= 0.6 is 0 Å². The Morgan fingerprint density at radius 1 is 0.860 bits per heavy atom. The first-order valence-electron chi connectivity index (χ1n) is 14.4. The number of nitrogens with one attached hydrogen (secondary N) is 1.